The number of hydrogen-bond acceptors (Lipinski definition) is 3. The molecular formula is C10H16O3. The quantitative estimate of drug-likeness (QED) is 0.778. The van der Waals surface area contributed by atoms with Gasteiger partial charge < -0.3 is 14.3 Å². The van der Waals surface area contributed by atoms with E-state index in [4.69, 9.17) is 9.15 Å². The van der Waals surface area contributed by atoms with Crippen molar-refractivity contribution in [1.29, 1.82) is 0 Å². The van der Waals surface area contributed by atoms with E-state index in [1.807, 2.05) is 26.8 Å². The molecule has 0 aliphatic heterocycles. The van der Waals surface area contributed by atoms with Gasteiger partial charge in [-0.1, -0.05) is 0 Å². The number of aryl methyl sites for hydroxylation is 1. The molecule has 1 N–H and O–H groups in total. The van der Waals surface area contributed by atoms with Crippen LogP contribution in [0.1, 0.15) is 31.3 Å². The van der Waals surface area contributed by atoms with E-state index in [2.05, 4.69) is 0 Å². The summed E-state index contributed by atoms with van der Waals surface area (Å²) in [5.74, 6) is 0.598. The standard InChI is InChI=1S/C10H16O3/c1-7(2)13-6-9(11)10-8(3)4-5-12-10/h4-5,7,9,11H,6H2,1-3H3. The van der Waals surface area contributed by atoms with Crippen LogP contribution in [0.15, 0.2) is 16.7 Å². The lowest BCUT2D eigenvalue weighted by atomic mass is 10.2. The molecule has 1 aromatic heterocycles. The minimum absolute atomic E-state index is 0.130. The lowest BCUT2D eigenvalue weighted by Gasteiger charge is -2.11. The van der Waals surface area contributed by atoms with Gasteiger partial charge in [-0.25, -0.2) is 0 Å². The molecule has 74 valence electrons. The van der Waals surface area contributed by atoms with Crippen LogP contribution in [-0.2, 0) is 4.74 Å². The molecule has 0 saturated heterocycles. The number of rotatable bonds is 4. The maximum absolute atomic E-state index is 9.62. The van der Waals surface area contributed by atoms with Crippen LogP contribution in [0.5, 0.6) is 0 Å². The van der Waals surface area contributed by atoms with Gasteiger partial charge in [-0.05, 0) is 32.4 Å². The molecule has 1 heterocycles. The van der Waals surface area contributed by atoms with Crippen molar-refractivity contribution < 1.29 is 14.3 Å². The van der Waals surface area contributed by atoms with Crippen molar-refractivity contribution in [2.75, 3.05) is 6.61 Å². The second-order valence-corrected chi connectivity index (χ2v) is 3.37. The van der Waals surface area contributed by atoms with Crippen LogP contribution >= 0.6 is 0 Å². The molecule has 0 bridgehead atoms. The Kier molecular flexibility index (Phi) is 3.51. The van der Waals surface area contributed by atoms with Crippen molar-refractivity contribution in [3.05, 3.63) is 23.7 Å². The molecule has 1 atom stereocenters. The Hall–Kier alpha value is -0.800. The molecule has 0 radical (unpaired) electrons. The average molecular weight is 184 g/mol. The third kappa shape index (κ3) is 2.86. The SMILES string of the molecule is Cc1ccoc1C(O)COC(C)C. The van der Waals surface area contributed by atoms with Crippen LogP contribution in [0.2, 0.25) is 0 Å². The zero-order chi connectivity index (χ0) is 9.84. The van der Waals surface area contributed by atoms with Gasteiger partial charge >= 0.3 is 0 Å². The monoisotopic (exact) mass is 184 g/mol. The zero-order valence-corrected chi connectivity index (χ0v) is 8.28. The van der Waals surface area contributed by atoms with Crippen LogP contribution in [0.4, 0.5) is 0 Å². The van der Waals surface area contributed by atoms with Crippen LogP contribution in [0.25, 0.3) is 0 Å². The highest BCUT2D eigenvalue weighted by atomic mass is 16.5. The van der Waals surface area contributed by atoms with Crippen molar-refractivity contribution in [3.8, 4) is 0 Å². The van der Waals surface area contributed by atoms with Gasteiger partial charge in [-0.2, -0.15) is 0 Å². The molecule has 3 nitrogen and oxygen atoms in total. The average Bonchev–Trinajstić information content (AvgIpc) is 2.47. The minimum atomic E-state index is -0.655. The lowest BCUT2D eigenvalue weighted by molar-refractivity contribution is -0.00377. The predicted octanol–water partition coefficient (Wildman–Crippen LogP) is 2.05. The first-order valence-electron chi connectivity index (χ1n) is 4.45. The summed E-state index contributed by atoms with van der Waals surface area (Å²) in [5.41, 5.74) is 0.958. The fourth-order valence-corrected chi connectivity index (χ4v) is 1.09. The third-order valence-electron chi connectivity index (χ3n) is 1.79. The molecule has 0 aliphatic rings. The second-order valence-electron chi connectivity index (χ2n) is 3.37. The Morgan fingerprint density at radius 2 is 2.23 bits per heavy atom. The molecule has 0 fully saturated rings. The molecule has 0 amide bonds. The highest BCUT2D eigenvalue weighted by Crippen LogP contribution is 2.18. The zero-order valence-electron chi connectivity index (χ0n) is 8.28. The summed E-state index contributed by atoms with van der Waals surface area (Å²) in [6, 6.07) is 1.83. The highest BCUT2D eigenvalue weighted by molar-refractivity contribution is 5.16. The summed E-state index contributed by atoms with van der Waals surface area (Å²) in [6.45, 7) is 6.05. The Balaban J connectivity index is 2.49. The Morgan fingerprint density at radius 1 is 1.54 bits per heavy atom. The van der Waals surface area contributed by atoms with E-state index in [0.717, 1.165) is 5.56 Å². The summed E-state index contributed by atoms with van der Waals surface area (Å²) in [6.07, 6.45) is 1.05. The van der Waals surface area contributed by atoms with Gasteiger partial charge in [-0.15, -0.1) is 0 Å². The van der Waals surface area contributed by atoms with Crippen molar-refractivity contribution >= 4 is 0 Å². The van der Waals surface area contributed by atoms with Gasteiger partial charge in [0.25, 0.3) is 0 Å². The van der Waals surface area contributed by atoms with Gasteiger partial charge in [0.05, 0.1) is 19.0 Å². The van der Waals surface area contributed by atoms with Gasteiger partial charge in [0, 0.05) is 0 Å². The predicted molar refractivity (Wildman–Crippen MR) is 49.5 cm³/mol. The van der Waals surface area contributed by atoms with Crippen molar-refractivity contribution in [3.63, 3.8) is 0 Å². The van der Waals surface area contributed by atoms with Gasteiger partial charge in [0.1, 0.15) is 11.9 Å². The van der Waals surface area contributed by atoms with Gasteiger partial charge in [-0.3, -0.25) is 0 Å². The lowest BCUT2D eigenvalue weighted by Crippen LogP contribution is -2.11. The summed E-state index contributed by atoms with van der Waals surface area (Å²) >= 11 is 0. The Labute approximate surface area is 78.3 Å². The molecule has 0 aliphatic carbocycles. The van der Waals surface area contributed by atoms with Crippen LogP contribution in [0.3, 0.4) is 0 Å². The van der Waals surface area contributed by atoms with Gasteiger partial charge in [0.2, 0.25) is 0 Å². The summed E-state index contributed by atoms with van der Waals surface area (Å²) in [4.78, 5) is 0. The second kappa shape index (κ2) is 4.44. The first kappa shape index (κ1) is 10.3. The summed E-state index contributed by atoms with van der Waals surface area (Å²) in [5, 5.41) is 9.62. The minimum Gasteiger partial charge on any atom is -0.466 e. The molecular weight excluding hydrogens is 168 g/mol. The maximum Gasteiger partial charge on any atom is 0.137 e. The highest BCUT2D eigenvalue weighted by Gasteiger charge is 2.14. The van der Waals surface area contributed by atoms with Crippen molar-refractivity contribution in [2.45, 2.75) is 33.0 Å². The van der Waals surface area contributed by atoms with E-state index in [-0.39, 0.29) is 12.7 Å². The van der Waals surface area contributed by atoms with E-state index in [9.17, 15) is 5.11 Å². The Morgan fingerprint density at radius 3 is 2.69 bits per heavy atom. The van der Waals surface area contributed by atoms with Crippen LogP contribution in [-0.4, -0.2) is 17.8 Å². The Bertz CT molecular complexity index is 252. The summed E-state index contributed by atoms with van der Waals surface area (Å²) < 4.78 is 10.4. The number of ether oxygens (including phenoxy) is 1. The smallest absolute Gasteiger partial charge is 0.137 e. The molecule has 3 heteroatoms. The summed E-state index contributed by atoms with van der Waals surface area (Å²) in [7, 11) is 0. The van der Waals surface area contributed by atoms with E-state index >= 15 is 0 Å². The number of hydrogen-bond donors (Lipinski definition) is 1. The van der Waals surface area contributed by atoms with E-state index in [1.165, 1.54) is 0 Å². The third-order valence-corrected chi connectivity index (χ3v) is 1.79. The van der Waals surface area contributed by atoms with E-state index in [1.54, 1.807) is 6.26 Å². The fourth-order valence-electron chi connectivity index (χ4n) is 1.09. The molecule has 0 saturated carbocycles. The van der Waals surface area contributed by atoms with Crippen LogP contribution in [0, 0.1) is 6.92 Å². The topological polar surface area (TPSA) is 42.6 Å². The first-order valence-corrected chi connectivity index (χ1v) is 4.45. The van der Waals surface area contributed by atoms with Crippen LogP contribution < -0.4 is 0 Å². The maximum atomic E-state index is 9.62. The van der Waals surface area contributed by atoms with E-state index < -0.39 is 6.10 Å². The van der Waals surface area contributed by atoms with Crippen molar-refractivity contribution in [2.24, 2.45) is 0 Å². The number of furan rings is 1. The van der Waals surface area contributed by atoms with Gasteiger partial charge in [0.15, 0.2) is 0 Å². The number of aliphatic hydroxyl groups is 1. The van der Waals surface area contributed by atoms with E-state index in [0.29, 0.717) is 5.76 Å². The molecule has 1 rings (SSSR count). The normalized spacial score (nSPS) is 13.6. The molecule has 1 unspecified atom stereocenters. The fraction of sp³-hybridized carbons (Fsp3) is 0.600. The number of aliphatic hydroxyl groups excluding tert-OH is 1. The largest absolute Gasteiger partial charge is 0.466 e. The van der Waals surface area contributed by atoms with Crippen molar-refractivity contribution in [1.82, 2.24) is 0 Å². The molecule has 0 aromatic carbocycles. The molecule has 1 aromatic rings. The molecule has 13 heavy (non-hydrogen) atoms. The molecule has 0 spiro atoms. The first-order chi connectivity index (χ1) is 6.11.